The fraction of sp³-hybridized carbons (Fsp3) is 0.160. The van der Waals surface area contributed by atoms with Crippen molar-refractivity contribution in [3.63, 3.8) is 0 Å². The summed E-state index contributed by atoms with van der Waals surface area (Å²) in [5.41, 5.74) is 8.20. The molecule has 1 unspecified atom stereocenters. The van der Waals surface area contributed by atoms with Gasteiger partial charge in [0.1, 0.15) is 11.5 Å². The minimum absolute atomic E-state index is 0.000476. The van der Waals surface area contributed by atoms with Crippen LogP contribution in [-0.4, -0.2) is 51.9 Å². The highest BCUT2D eigenvalue weighted by molar-refractivity contribution is 5.89. The summed E-state index contributed by atoms with van der Waals surface area (Å²) in [6, 6.07) is 11.9. The largest absolute Gasteiger partial charge is 0.493 e. The van der Waals surface area contributed by atoms with E-state index in [-0.39, 0.29) is 17.8 Å². The van der Waals surface area contributed by atoms with Gasteiger partial charge in [-0.3, -0.25) is 0 Å². The lowest BCUT2D eigenvalue weighted by Gasteiger charge is -2.23. The standard InChI is InChI=1S/C21H21FN6O3.C4H4O4/c1-24-21(29)31-14-4-2-3-12(9-14)27-20-25-11-16(22)19(28-20)26-13-5-6-18-15(10-13)17(23)7-8-30-18;5-3(6)1-2-4(7)8/h2-6,9-11,17H,7-8,23H2,1H3,(H,24,29)(H2,25,26,27,28);1-2H,(H,5,6)(H,7,8)/b;2-1+. The number of aromatic nitrogens is 2. The highest BCUT2D eigenvalue weighted by Gasteiger charge is 2.19. The normalized spacial score (nSPS) is 13.7. The summed E-state index contributed by atoms with van der Waals surface area (Å²) in [7, 11) is 1.47. The number of carboxylic acid groups (broad SMARTS) is 2. The van der Waals surface area contributed by atoms with Gasteiger partial charge >= 0.3 is 18.0 Å². The number of hydrogen-bond donors (Lipinski definition) is 6. The molecule has 1 aromatic heterocycles. The molecular weight excluding hydrogens is 515 g/mol. The van der Waals surface area contributed by atoms with Crippen molar-refractivity contribution in [2.45, 2.75) is 12.5 Å². The van der Waals surface area contributed by atoms with Crippen LogP contribution in [-0.2, 0) is 9.59 Å². The Kier molecular flexibility index (Phi) is 9.70. The summed E-state index contributed by atoms with van der Waals surface area (Å²) in [4.78, 5) is 38.7. The zero-order valence-corrected chi connectivity index (χ0v) is 20.6. The van der Waals surface area contributed by atoms with Gasteiger partial charge in [-0.2, -0.15) is 4.98 Å². The van der Waals surface area contributed by atoms with Gasteiger partial charge in [-0.05, 0) is 30.3 Å². The molecule has 13 nitrogen and oxygen atoms in total. The third-order valence-corrected chi connectivity index (χ3v) is 4.98. The number of carbonyl (C=O) groups excluding carboxylic acids is 1. The van der Waals surface area contributed by atoms with Crippen LogP contribution >= 0.6 is 0 Å². The Morgan fingerprint density at radius 1 is 1.10 bits per heavy atom. The van der Waals surface area contributed by atoms with Crippen molar-refractivity contribution in [1.82, 2.24) is 15.3 Å². The first-order chi connectivity index (χ1) is 18.6. The number of ether oxygens (including phenoxy) is 2. The van der Waals surface area contributed by atoms with E-state index < -0.39 is 23.8 Å². The fourth-order valence-corrected chi connectivity index (χ4v) is 3.22. The molecule has 0 bridgehead atoms. The lowest BCUT2D eigenvalue weighted by molar-refractivity contribution is -0.134. The fourth-order valence-electron chi connectivity index (χ4n) is 3.22. The molecule has 3 aromatic rings. The van der Waals surface area contributed by atoms with E-state index in [2.05, 4.69) is 25.9 Å². The van der Waals surface area contributed by atoms with Crippen LogP contribution < -0.4 is 31.2 Å². The summed E-state index contributed by atoms with van der Waals surface area (Å²) < 4.78 is 25.0. The van der Waals surface area contributed by atoms with Crippen LogP contribution in [0.15, 0.2) is 60.8 Å². The Morgan fingerprint density at radius 2 is 1.82 bits per heavy atom. The van der Waals surface area contributed by atoms with Crippen molar-refractivity contribution in [3.8, 4) is 11.5 Å². The van der Waals surface area contributed by atoms with E-state index >= 15 is 0 Å². The first-order valence-electron chi connectivity index (χ1n) is 11.4. The maximum absolute atomic E-state index is 14.3. The van der Waals surface area contributed by atoms with E-state index in [0.29, 0.717) is 35.9 Å². The van der Waals surface area contributed by atoms with Gasteiger partial charge in [-0.25, -0.2) is 23.8 Å². The SMILES string of the molecule is CNC(=O)Oc1cccc(Nc2ncc(F)c(Nc3ccc4c(c3)C(N)CCO4)n2)c1.O=C(O)/C=C/C(=O)O. The second-order valence-corrected chi connectivity index (χ2v) is 7.81. The van der Waals surface area contributed by atoms with E-state index in [4.69, 9.17) is 25.4 Å². The Bertz CT molecular complexity index is 1370. The number of nitrogens with zero attached hydrogens (tertiary/aromatic N) is 2. The number of amides is 1. The Balaban J connectivity index is 0.000000459. The number of halogens is 1. The molecule has 0 aliphatic carbocycles. The Morgan fingerprint density at radius 3 is 2.51 bits per heavy atom. The van der Waals surface area contributed by atoms with Gasteiger partial charge in [0.25, 0.3) is 0 Å². The molecule has 14 heteroatoms. The molecular formula is C25H25FN6O7. The van der Waals surface area contributed by atoms with Gasteiger partial charge in [-0.15, -0.1) is 0 Å². The van der Waals surface area contributed by atoms with Crippen LogP contribution in [0, 0.1) is 5.82 Å². The third-order valence-electron chi connectivity index (χ3n) is 4.98. The van der Waals surface area contributed by atoms with E-state index in [1.54, 1.807) is 36.4 Å². The number of fused-ring (bicyclic) bond motifs is 1. The predicted molar refractivity (Wildman–Crippen MR) is 138 cm³/mol. The van der Waals surface area contributed by atoms with Crippen LogP contribution in [0.25, 0.3) is 0 Å². The van der Waals surface area contributed by atoms with Gasteiger partial charge in [0.2, 0.25) is 5.95 Å². The smallest absolute Gasteiger partial charge is 0.412 e. The number of hydrogen-bond acceptors (Lipinski definition) is 10. The summed E-state index contributed by atoms with van der Waals surface area (Å²) in [6.07, 6.45) is 2.31. The minimum atomic E-state index is -1.26. The van der Waals surface area contributed by atoms with Crippen molar-refractivity contribution >= 4 is 41.2 Å². The number of nitrogens with one attached hydrogen (secondary N) is 3. The van der Waals surface area contributed by atoms with Crippen molar-refractivity contribution in [3.05, 3.63) is 72.2 Å². The number of benzene rings is 2. The molecule has 0 spiro atoms. The van der Waals surface area contributed by atoms with Crippen molar-refractivity contribution in [2.75, 3.05) is 24.3 Å². The van der Waals surface area contributed by atoms with Gasteiger partial charge < -0.3 is 41.4 Å². The summed E-state index contributed by atoms with van der Waals surface area (Å²) >= 11 is 0. The Hall–Kier alpha value is -5.24. The molecule has 2 aromatic carbocycles. The molecule has 1 amide bonds. The molecule has 7 N–H and O–H groups in total. The monoisotopic (exact) mass is 540 g/mol. The van der Waals surface area contributed by atoms with Gasteiger partial charge in [0, 0.05) is 54.7 Å². The summed E-state index contributed by atoms with van der Waals surface area (Å²) in [5.74, 6) is -1.90. The van der Waals surface area contributed by atoms with Crippen LogP contribution in [0.4, 0.5) is 32.3 Å². The molecule has 204 valence electrons. The molecule has 0 saturated heterocycles. The number of rotatable bonds is 7. The molecule has 1 atom stereocenters. The topological polar surface area (TPSA) is 198 Å². The van der Waals surface area contributed by atoms with Gasteiger partial charge in [0.05, 0.1) is 12.8 Å². The summed E-state index contributed by atoms with van der Waals surface area (Å²) in [6.45, 7) is 0.575. The highest BCUT2D eigenvalue weighted by atomic mass is 19.1. The van der Waals surface area contributed by atoms with Crippen molar-refractivity contribution < 1.29 is 38.5 Å². The number of carbonyl (C=O) groups is 3. The van der Waals surface area contributed by atoms with Gasteiger partial charge in [-0.1, -0.05) is 6.07 Å². The van der Waals surface area contributed by atoms with Crippen molar-refractivity contribution in [1.29, 1.82) is 0 Å². The maximum atomic E-state index is 14.3. The molecule has 0 radical (unpaired) electrons. The number of aliphatic carboxylic acids is 2. The molecule has 2 heterocycles. The third kappa shape index (κ3) is 8.68. The molecule has 0 fully saturated rings. The van der Waals surface area contributed by atoms with Crippen LogP contribution in [0.5, 0.6) is 11.5 Å². The zero-order valence-electron chi connectivity index (χ0n) is 20.6. The maximum Gasteiger partial charge on any atom is 0.412 e. The lowest BCUT2D eigenvalue weighted by Crippen LogP contribution is -2.22. The number of anilines is 4. The lowest BCUT2D eigenvalue weighted by atomic mass is 10.0. The molecule has 39 heavy (non-hydrogen) atoms. The second kappa shape index (κ2) is 13.3. The molecule has 0 saturated carbocycles. The second-order valence-electron chi connectivity index (χ2n) is 7.81. The van der Waals surface area contributed by atoms with Crippen LogP contribution in [0.3, 0.4) is 0 Å². The first kappa shape index (κ1) is 28.3. The first-order valence-corrected chi connectivity index (χ1v) is 11.4. The van der Waals surface area contributed by atoms with Crippen LogP contribution in [0.2, 0.25) is 0 Å². The van der Waals surface area contributed by atoms with E-state index in [1.807, 2.05) is 6.07 Å². The van der Waals surface area contributed by atoms with Crippen LogP contribution in [0.1, 0.15) is 18.0 Å². The summed E-state index contributed by atoms with van der Waals surface area (Å²) in [5, 5.41) is 23.9. The average molecular weight is 541 g/mol. The van der Waals surface area contributed by atoms with E-state index in [9.17, 15) is 18.8 Å². The predicted octanol–water partition coefficient (Wildman–Crippen LogP) is 3.32. The minimum Gasteiger partial charge on any atom is -0.493 e. The molecule has 1 aliphatic heterocycles. The highest BCUT2D eigenvalue weighted by Crippen LogP contribution is 2.33. The van der Waals surface area contributed by atoms with Crippen molar-refractivity contribution in [2.24, 2.45) is 5.73 Å². The number of nitrogens with two attached hydrogens (primary N) is 1. The molecule has 4 rings (SSSR count). The number of carboxylic acids is 2. The van der Waals surface area contributed by atoms with E-state index in [1.165, 1.54) is 7.05 Å². The Labute approximate surface area is 221 Å². The average Bonchev–Trinajstić information content (AvgIpc) is 2.90. The van der Waals surface area contributed by atoms with Gasteiger partial charge in [0.15, 0.2) is 11.6 Å². The molecule has 1 aliphatic rings. The zero-order chi connectivity index (χ0) is 28.4. The van der Waals surface area contributed by atoms with E-state index in [0.717, 1.165) is 23.9 Å². The quantitative estimate of drug-likeness (QED) is 0.239.